The van der Waals surface area contributed by atoms with Gasteiger partial charge >= 0.3 is 0 Å². The smallest absolute Gasteiger partial charge is 0.0637 e. The van der Waals surface area contributed by atoms with Gasteiger partial charge in [-0.15, -0.1) is 6.58 Å². The minimum absolute atomic E-state index is 0.120. The Balaban J connectivity index is 1.55. The van der Waals surface area contributed by atoms with Gasteiger partial charge in [0, 0.05) is 31.3 Å². The summed E-state index contributed by atoms with van der Waals surface area (Å²) in [6.45, 7) is 24.0. The number of fused-ring (bicyclic) bond motifs is 5. The topological polar surface area (TPSA) is 109 Å². The van der Waals surface area contributed by atoms with Crippen LogP contribution >= 0.6 is 0 Å². The van der Waals surface area contributed by atoms with Gasteiger partial charge in [-0.1, -0.05) is 66.4 Å². The highest BCUT2D eigenvalue weighted by atomic mass is 16.5. The third kappa shape index (κ3) is 11.8. The van der Waals surface area contributed by atoms with Crippen molar-refractivity contribution < 1.29 is 14.2 Å². The van der Waals surface area contributed by atoms with Gasteiger partial charge in [-0.05, 0) is 170 Å². The van der Waals surface area contributed by atoms with Gasteiger partial charge < -0.3 is 36.3 Å². The summed E-state index contributed by atoms with van der Waals surface area (Å²) in [6.07, 6.45) is 25.6. The van der Waals surface area contributed by atoms with Gasteiger partial charge in [0.05, 0.1) is 18.3 Å². The second-order valence-electron chi connectivity index (χ2n) is 18.8. The second-order valence-corrected chi connectivity index (χ2v) is 18.8. The summed E-state index contributed by atoms with van der Waals surface area (Å²) < 4.78 is 20.7. The lowest BCUT2D eigenvalue weighted by atomic mass is 9.43. The number of rotatable bonds is 27. The van der Waals surface area contributed by atoms with Crippen LogP contribution in [0.2, 0.25) is 0 Å². The zero-order chi connectivity index (χ0) is 38.3. The molecule has 0 amide bonds. The highest BCUT2D eigenvalue weighted by molar-refractivity contribution is 5.15. The van der Waals surface area contributed by atoms with Crippen LogP contribution in [0.4, 0.5) is 0 Å². The zero-order valence-electron chi connectivity index (χ0n) is 35.6. The Kier molecular flexibility index (Phi) is 19.6. The SMILES string of the molecule is C=CCC(N)CCO[C@@H]1CC2C[C@H](OCCCN)CCC2(C)[C@H]2C[C@H](OCCCN)C3(C)C([C@H](C)CCCN(CCCCC)CCCCC)CC[C@H]3C12. The van der Waals surface area contributed by atoms with Crippen LogP contribution in [0.1, 0.15) is 157 Å². The summed E-state index contributed by atoms with van der Waals surface area (Å²) in [7, 11) is 0. The van der Waals surface area contributed by atoms with E-state index in [1.54, 1.807) is 0 Å². The number of ether oxygens (including phenoxy) is 3. The number of nitrogens with two attached hydrogens (primary N) is 3. The Morgan fingerprint density at radius 3 is 2.11 bits per heavy atom. The highest BCUT2D eigenvalue weighted by Gasteiger charge is 2.66. The molecule has 0 radical (unpaired) electrons. The van der Waals surface area contributed by atoms with Crippen molar-refractivity contribution in [1.82, 2.24) is 4.90 Å². The lowest BCUT2D eigenvalue weighted by Gasteiger charge is -2.65. The lowest BCUT2D eigenvalue weighted by molar-refractivity contribution is -0.227. The molecule has 7 nitrogen and oxygen atoms in total. The van der Waals surface area contributed by atoms with E-state index in [4.69, 9.17) is 31.4 Å². The molecule has 0 aromatic carbocycles. The fourth-order valence-corrected chi connectivity index (χ4v) is 12.3. The van der Waals surface area contributed by atoms with Gasteiger partial charge in [0.25, 0.3) is 0 Å². The molecule has 4 aliphatic carbocycles. The van der Waals surface area contributed by atoms with Gasteiger partial charge in [0.15, 0.2) is 0 Å². The average Bonchev–Trinajstić information content (AvgIpc) is 3.50. The van der Waals surface area contributed by atoms with Gasteiger partial charge in [-0.25, -0.2) is 0 Å². The van der Waals surface area contributed by atoms with Crippen molar-refractivity contribution in [3.63, 3.8) is 0 Å². The average molecular weight is 745 g/mol. The Hall–Kier alpha value is -0.540. The van der Waals surface area contributed by atoms with E-state index in [9.17, 15) is 0 Å². The van der Waals surface area contributed by atoms with E-state index in [-0.39, 0.29) is 29.1 Å². The van der Waals surface area contributed by atoms with Crippen molar-refractivity contribution in [3.05, 3.63) is 12.7 Å². The normalized spacial score (nSPS) is 35.1. The monoisotopic (exact) mass is 745 g/mol. The van der Waals surface area contributed by atoms with E-state index in [1.165, 1.54) is 90.3 Å². The predicted octanol–water partition coefficient (Wildman–Crippen LogP) is 9.11. The van der Waals surface area contributed by atoms with Gasteiger partial charge in [0.2, 0.25) is 0 Å². The summed E-state index contributed by atoms with van der Waals surface area (Å²) in [5, 5.41) is 0. The zero-order valence-corrected chi connectivity index (χ0v) is 35.6. The molecule has 0 aromatic rings. The van der Waals surface area contributed by atoms with E-state index in [2.05, 4.69) is 46.1 Å². The molecule has 0 heterocycles. The van der Waals surface area contributed by atoms with Crippen LogP contribution in [0.25, 0.3) is 0 Å². The molecule has 4 rings (SSSR count). The first kappa shape index (κ1) is 45.2. The predicted molar refractivity (Wildman–Crippen MR) is 224 cm³/mol. The Morgan fingerprint density at radius 1 is 0.774 bits per heavy atom. The second kappa shape index (κ2) is 23.0. The maximum atomic E-state index is 7.12. The van der Waals surface area contributed by atoms with Crippen LogP contribution < -0.4 is 17.2 Å². The highest BCUT2D eigenvalue weighted by Crippen LogP contribution is 2.69. The van der Waals surface area contributed by atoms with Gasteiger partial charge in [-0.3, -0.25) is 0 Å². The number of hydrogen-bond acceptors (Lipinski definition) is 7. The van der Waals surface area contributed by atoms with E-state index < -0.39 is 0 Å². The van der Waals surface area contributed by atoms with E-state index >= 15 is 0 Å². The summed E-state index contributed by atoms with van der Waals surface area (Å²) in [5.74, 6) is 3.79. The van der Waals surface area contributed by atoms with Crippen molar-refractivity contribution in [3.8, 4) is 0 Å². The van der Waals surface area contributed by atoms with Crippen molar-refractivity contribution in [2.24, 2.45) is 63.5 Å². The van der Waals surface area contributed by atoms with E-state index in [0.717, 1.165) is 71.2 Å². The van der Waals surface area contributed by atoms with Crippen LogP contribution in [-0.4, -0.2) is 81.8 Å². The Labute approximate surface area is 328 Å². The quantitative estimate of drug-likeness (QED) is 0.0569. The summed E-state index contributed by atoms with van der Waals surface area (Å²) in [4.78, 5) is 2.79. The summed E-state index contributed by atoms with van der Waals surface area (Å²) in [6, 6.07) is 0.120. The van der Waals surface area contributed by atoms with Crippen LogP contribution in [0.15, 0.2) is 12.7 Å². The molecule has 12 atom stereocenters. The summed E-state index contributed by atoms with van der Waals surface area (Å²) in [5.41, 5.74) is 18.8. The molecule has 6 unspecified atom stereocenters. The lowest BCUT2D eigenvalue weighted by Crippen LogP contribution is -2.63. The molecule has 0 saturated heterocycles. The molecule has 0 aromatic heterocycles. The first-order chi connectivity index (χ1) is 25.7. The molecule has 4 aliphatic rings. The minimum Gasteiger partial charge on any atom is -0.378 e. The Morgan fingerprint density at radius 2 is 1.45 bits per heavy atom. The van der Waals surface area contributed by atoms with E-state index in [0.29, 0.717) is 54.7 Å². The third-order valence-electron chi connectivity index (χ3n) is 15.4. The standard InChI is InChI=1S/C46H88N4O3/c1-7-10-12-26-50(27-13-11-8-2)28-14-18-35(4)39-19-20-40-44-41(34-43(46(39,40)6)53-30-16-25-48)45(5)23-21-38(51-29-15-24-47)32-36(45)33-42(44)52-31-22-37(49)17-9-3/h9,35-44H,3,7-8,10-34,47-49H2,1-2,4-6H3/t35-,36?,37?,38-,39?,40+,41+,42-,43+,44?,45?,46?/m1/s1. The maximum Gasteiger partial charge on any atom is 0.0637 e. The number of hydrogen-bond donors (Lipinski definition) is 3. The summed E-state index contributed by atoms with van der Waals surface area (Å²) >= 11 is 0. The minimum atomic E-state index is 0.120. The molecule has 310 valence electrons. The van der Waals surface area contributed by atoms with Crippen LogP contribution in [0, 0.1) is 46.3 Å². The van der Waals surface area contributed by atoms with E-state index in [1.807, 2.05) is 6.08 Å². The molecular weight excluding hydrogens is 657 g/mol. The van der Waals surface area contributed by atoms with Crippen molar-refractivity contribution >= 4 is 0 Å². The number of nitrogens with zero attached hydrogens (tertiary/aromatic N) is 1. The molecule has 53 heavy (non-hydrogen) atoms. The Bertz CT molecular complexity index is 1010. The molecule has 0 spiro atoms. The van der Waals surface area contributed by atoms with Crippen molar-refractivity contribution in [1.29, 1.82) is 0 Å². The molecule has 4 saturated carbocycles. The molecule has 0 bridgehead atoms. The maximum absolute atomic E-state index is 7.12. The first-order valence-corrected chi connectivity index (χ1v) is 23.0. The first-order valence-electron chi connectivity index (χ1n) is 23.0. The molecule has 4 fully saturated rings. The van der Waals surface area contributed by atoms with Crippen LogP contribution in [-0.2, 0) is 14.2 Å². The van der Waals surface area contributed by atoms with Gasteiger partial charge in [-0.2, -0.15) is 0 Å². The molecule has 6 N–H and O–H groups in total. The number of unbranched alkanes of at least 4 members (excludes halogenated alkanes) is 4. The molecule has 0 aliphatic heterocycles. The third-order valence-corrected chi connectivity index (χ3v) is 15.4. The van der Waals surface area contributed by atoms with Crippen LogP contribution in [0.3, 0.4) is 0 Å². The largest absolute Gasteiger partial charge is 0.378 e. The van der Waals surface area contributed by atoms with Crippen molar-refractivity contribution in [2.45, 2.75) is 181 Å². The molecule has 7 heteroatoms. The van der Waals surface area contributed by atoms with Crippen LogP contribution in [0.5, 0.6) is 0 Å². The fourth-order valence-electron chi connectivity index (χ4n) is 12.3. The fraction of sp³-hybridized carbons (Fsp3) is 0.957. The molecular formula is C46H88N4O3. The van der Waals surface area contributed by atoms with Crippen molar-refractivity contribution in [2.75, 3.05) is 52.5 Å². The van der Waals surface area contributed by atoms with Gasteiger partial charge in [0.1, 0.15) is 0 Å².